The maximum atomic E-state index is 11.7. The van der Waals surface area contributed by atoms with Crippen LogP contribution in [0.1, 0.15) is 11.5 Å². The molecule has 0 spiro atoms. The molecule has 0 bridgehead atoms. The molecule has 0 aliphatic rings. The Balaban J connectivity index is 3.23. The molecule has 1 rings (SSSR count). The van der Waals surface area contributed by atoms with Crippen LogP contribution in [0.4, 0.5) is 10.2 Å². The molecule has 0 saturated heterocycles. The molecule has 6 heteroatoms. The van der Waals surface area contributed by atoms with E-state index in [-0.39, 0.29) is 17.2 Å². The predicted octanol–water partition coefficient (Wildman–Crippen LogP) is -0.0430. The molecule has 0 amide bonds. The quantitative estimate of drug-likeness (QED) is 0.455. The summed E-state index contributed by atoms with van der Waals surface area (Å²) < 4.78 is 11.7. The zero-order valence-electron chi connectivity index (χ0n) is 6.45. The summed E-state index contributed by atoms with van der Waals surface area (Å²) in [7, 11) is 0. The molecule has 0 aromatic carbocycles. The number of aromatic nitrogens is 2. The molecule has 1 aromatic rings. The summed E-state index contributed by atoms with van der Waals surface area (Å²) >= 11 is 0. The number of halogens is 1. The van der Waals surface area contributed by atoms with E-state index < -0.39 is 0 Å². The number of amidine groups is 1. The van der Waals surface area contributed by atoms with Crippen LogP contribution in [-0.4, -0.2) is 15.8 Å². The third-order valence-electron chi connectivity index (χ3n) is 1.27. The minimum Gasteiger partial charge on any atom is -0.396 e. The standard InChI is InChI=1S/C6H8FN5/c1-3-10-2-4(8)5(11-3)6(9)12-7/h2H,8H2,1H3,(H2,9,12). The smallest absolute Gasteiger partial charge is 0.184 e. The second-order valence-corrected chi connectivity index (χ2v) is 2.19. The molecule has 0 fully saturated rings. The fraction of sp³-hybridized carbons (Fsp3) is 0.167. The van der Waals surface area contributed by atoms with Crippen LogP contribution in [0.3, 0.4) is 0 Å². The lowest BCUT2D eigenvalue weighted by Gasteiger charge is -2.01. The average Bonchev–Trinajstić information content (AvgIpc) is 2.08. The number of hydrogen-bond donors (Lipinski definition) is 2. The van der Waals surface area contributed by atoms with Crippen molar-refractivity contribution in [1.29, 1.82) is 0 Å². The number of rotatable bonds is 1. The van der Waals surface area contributed by atoms with E-state index in [1.54, 1.807) is 6.92 Å². The maximum absolute atomic E-state index is 11.7. The van der Waals surface area contributed by atoms with E-state index >= 15 is 0 Å². The van der Waals surface area contributed by atoms with Gasteiger partial charge in [0.05, 0.1) is 11.9 Å². The van der Waals surface area contributed by atoms with Crippen LogP contribution in [0.5, 0.6) is 0 Å². The summed E-state index contributed by atoms with van der Waals surface area (Å²) in [6, 6.07) is 0. The third kappa shape index (κ3) is 1.47. The molecule has 0 atom stereocenters. The summed E-state index contributed by atoms with van der Waals surface area (Å²) in [5.74, 6) is 0.129. The SMILES string of the molecule is Cc1ncc(N)c(/C(N)=N/F)n1. The zero-order valence-corrected chi connectivity index (χ0v) is 6.45. The molecule has 0 unspecified atom stereocenters. The molecular weight excluding hydrogens is 161 g/mol. The Morgan fingerprint density at radius 3 is 2.92 bits per heavy atom. The number of nitrogens with zero attached hydrogens (tertiary/aromatic N) is 3. The molecule has 12 heavy (non-hydrogen) atoms. The Morgan fingerprint density at radius 1 is 1.67 bits per heavy atom. The summed E-state index contributed by atoms with van der Waals surface area (Å²) in [5, 5.41) is 2.28. The van der Waals surface area contributed by atoms with Crippen molar-refractivity contribution < 1.29 is 4.48 Å². The van der Waals surface area contributed by atoms with Crippen LogP contribution in [-0.2, 0) is 0 Å². The fourth-order valence-corrected chi connectivity index (χ4v) is 0.725. The summed E-state index contributed by atoms with van der Waals surface area (Å²) in [4.78, 5) is 7.60. The molecule has 1 heterocycles. The number of hydrogen-bond acceptors (Lipinski definition) is 4. The van der Waals surface area contributed by atoms with Gasteiger partial charge in [-0.1, -0.05) is 9.70 Å². The highest BCUT2D eigenvalue weighted by atomic mass is 19.2. The molecule has 64 valence electrons. The second-order valence-electron chi connectivity index (χ2n) is 2.19. The van der Waals surface area contributed by atoms with Crippen molar-refractivity contribution in [1.82, 2.24) is 9.97 Å². The molecule has 0 saturated carbocycles. The van der Waals surface area contributed by atoms with E-state index in [9.17, 15) is 4.48 Å². The minimum absolute atomic E-state index is 0.130. The second kappa shape index (κ2) is 3.12. The van der Waals surface area contributed by atoms with Gasteiger partial charge in [0, 0.05) is 0 Å². The lowest BCUT2D eigenvalue weighted by Crippen LogP contribution is -2.17. The molecule has 0 aliphatic heterocycles. The molecule has 5 nitrogen and oxygen atoms in total. The number of nitrogens with two attached hydrogens (primary N) is 2. The molecule has 4 N–H and O–H groups in total. The van der Waals surface area contributed by atoms with E-state index in [4.69, 9.17) is 11.5 Å². The lowest BCUT2D eigenvalue weighted by atomic mass is 10.3. The first-order chi connectivity index (χ1) is 5.65. The minimum atomic E-state index is -0.335. The van der Waals surface area contributed by atoms with Gasteiger partial charge in [-0.15, -0.1) is 0 Å². The average molecular weight is 169 g/mol. The normalized spacial score (nSPS) is 11.7. The van der Waals surface area contributed by atoms with Gasteiger partial charge in [0.1, 0.15) is 11.5 Å². The van der Waals surface area contributed by atoms with E-state index in [2.05, 4.69) is 15.2 Å². The van der Waals surface area contributed by atoms with Gasteiger partial charge in [0.2, 0.25) is 0 Å². The van der Waals surface area contributed by atoms with Gasteiger partial charge in [-0.25, -0.2) is 9.97 Å². The van der Waals surface area contributed by atoms with Gasteiger partial charge in [-0.3, -0.25) is 0 Å². The van der Waals surface area contributed by atoms with Gasteiger partial charge >= 0.3 is 0 Å². The molecule has 0 aliphatic carbocycles. The van der Waals surface area contributed by atoms with Gasteiger partial charge in [-0.2, -0.15) is 0 Å². The third-order valence-corrected chi connectivity index (χ3v) is 1.27. The van der Waals surface area contributed by atoms with Crippen molar-refractivity contribution in [3.8, 4) is 0 Å². The Hall–Kier alpha value is -1.72. The van der Waals surface area contributed by atoms with Crippen molar-refractivity contribution in [2.24, 2.45) is 10.9 Å². The lowest BCUT2D eigenvalue weighted by molar-refractivity contribution is 0.536. The van der Waals surface area contributed by atoms with Crippen molar-refractivity contribution in [3.63, 3.8) is 0 Å². The Labute approximate surface area is 68.3 Å². The van der Waals surface area contributed by atoms with Crippen LogP contribution < -0.4 is 11.5 Å². The first-order valence-corrected chi connectivity index (χ1v) is 3.19. The van der Waals surface area contributed by atoms with Crippen LogP contribution in [0.2, 0.25) is 0 Å². The van der Waals surface area contributed by atoms with E-state index in [1.165, 1.54) is 6.20 Å². The highest BCUT2D eigenvalue weighted by Crippen LogP contribution is 2.06. The van der Waals surface area contributed by atoms with E-state index in [0.29, 0.717) is 5.82 Å². The zero-order chi connectivity index (χ0) is 9.14. The number of nitrogen functional groups attached to an aromatic ring is 1. The predicted molar refractivity (Wildman–Crippen MR) is 43.0 cm³/mol. The summed E-state index contributed by atoms with van der Waals surface area (Å²) in [6.45, 7) is 1.65. The Morgan fingerprint density at radius 2 is 2.33 bits per heavy atom. The first-order valence-electron chi connectivity index (χ1n) is 3.19. The summed E-state index contributed by atoms with van der Waals surface area (Å²) in [6.07, 6.45) is 1.36. The fourth-order valence-electron chi connectivity index (χ4n) is 0.725. The Bertz CT molecular complexity index is 322. The van der Waals surface area contributed by atoms with Crippen molar-refractivity contribution in [3.05, 3.63) is 17.7 Å². The van der Waals surface area contributed by atoms with Crippen LogP contribution >= 0.6 is 0 Å². The first kappa shape index (κ1) is 8.38. The van der Waals surface area contributed by atoms with Gasteiger partial charge in [0.15, 0.2) is 5.84 Å². The number of aryl methyl sites for hydroxylation is 1. The maximum Gasteiger partial charge on any atom is 0.184 e. The molecular formula is C6H8FN5. The monoisotopic (exact) mass is 169 g/mol. The molecule has 1 aromatic heterocycles. The topological polar surface area (TPSA) is 90.2 Å². The highest BCUT2D eigenvalue weighted by Gasteiger charge is 2.06. The van der Waals surface area contributed by atoms with Gasteiger partial charge in [-0.05, 0) is 6.92 Å². The van der Waals surface area contributed by atoms with Crippen LogP contribution in [0, 0.1) is 6.92 Å². The highest BCUT2D eigenvalue weighted by molar-refractivity contribution is 5.99. The van der Waals surface area contributed by atoms with Crippen LogP contribution in [0.15, 0.2) is 11.4 Å². The van der Waals surface area contributed by atoms with Crippen molar-refractivity contribution in [2.45, 2.75) is 6.92 Å². The van der Waals surface area contributed by atoms with Gasteiger partial charge in [0.25, 0.3) is 0 Å². The van der Waals surface area contributed by atoms with E-state index in [1.807, 2.05) is 0 Å². The number of anilines is 1. The van der Waals surface area contributed by atoms with Gasteiger partial charge < -0.3 is 11.5 Å². The largest absolute Gasteiger partial charge is 0.396 e. The van der Waals surface area contributed by atoms with E-state index in [0.717, 1.165) is 0 Å². The van der Waals surface area contributed by atoms with Crippen molar-refractivity contribution in [2.75, 3.05) is 5.73 Å². The Kier molecular flexibility index (Phi) is 2.18. The van der Waals surface area contributed by atoms with Crippen LogP contribution in [0.25, 0.3) is 0 Å². The molecule has 0 radical (unpaired) electrons. The summed E-state index contributed by atoms with van der Waals surface area (Å²) in [5.41, 5.74) is 10.9. The van der Waals surface area contributed by atoms with Crippen molar-refractivity contribution >= 4 is 11.5 Å².